The topological polar surface area (TPSA) is 95.2 Å². The summed E-state index contributed by atoms with van der Waals surface area (Å²) in [5.41, 5.74) is 4.19. The number of hydrogen-bond donors (Lipinski definition) is 1. The van der Waals surface area contributed by atoms with Crippen LogP contribution in [0.2, 0.25) is 0 Å². The lowest BCUT2D eigenvalue weighted by atomic mass is 10.0. The molecule has 0 saturated carbocycles. The van der Waals surface area contributed by atoms with Gasteiger partial charge in [-0.1, -0.05) is 12.1 Å². The maximum Gasteiger partial charge on any atom is 0.305 e. The van der Waals surface area contributed by atoms with Crippen LogP contribution in [0.15, 0.2) is 16.7 Å². The molecular weight excluding hydrogens is 260 g/mol. The van der Waals surface area contributed by atoms with Crippen LogP contribution in [-0.4, -0.2) is 10.1 Å². The van der Waals surface area contributed by atoms with Crippen molar-refractivity contribution in [2.24, 2.45) is 0 Å². The molecular formula is C11H9F2N3O3. The fourth-order valence-corrected chi connectivity index (χ4v) is 1.76. The highest BCUT2D eigenvalue weighted by atomic mass is 19.1. The van der Waals surface area contributed by atoms with Crippen molar-refractivity contribution >= 4 is 11.6 Å². The lowest BCUT2D eigenvalue weighted by Crippen LogP contribution is -1.99. The van der Waals surface area contributed by atoms with Crippen LogP contribution >= 0.6 is 0 Å². The van der Waals surface area contributed by atoms with Gasteiger partial charge in [0.25, 0.3) is 0 Å². The van der Waals surface area contributed by atoms with E-state index in [1.54, 1.807) is 6.92 Å². The molecule has 2 aromatic rings. The van der Waals surface area contributed by atoms with Crippen molar-refractivity contribution < 1.29 is 18.2 Å². The Balaban J connectivity index is 2.74. The molecule has 1 aromatic heterocycles. The SMILES string of the molecule is CCc1c(-c2c(F)ccc([N+](=O)[O-])c2F)noc1N. The normalized spacial score (nSPS) is 10.7. The van der Waals surface area contributed by atoms with E-state index in [1.807, 2.05) is 0 Å². The van der Waals surface area contributed by atoms with Gasteiger partial charge in [0.15, 0.2) is 0 Å². The second-order valence-electron chi connectivity index (χ2n) is 3.74. The van der Waals surface area contributed by atoms with Crippen LogP contribution < -0.4 is 5.73 Å². The van der Waals surface area contributed by atoms with E-state index in [0.717, 1.165) is 12.1 Å². The minimum Gasteiger partial charge on any atom is -0.367 e. The first kappa shape index (κ1) is 12.9. The van der Waals surface area contributed by atoms with Crippen molar-refractivity contribution in [2.75, 3.05) is 5.73 Å². The van der Waals surface area contributed by atoms with Crippen molar-refractivity contribution in [1.82, 2.24) is 5.16 Å². The third-order valence-electron chi connectivity index (χ3n) is 2.68. The zero-order valence-corrected chi connectivity index (χ0v) is 9.81. The van der Waals surface area contributed by atoms with E-state index in [0.29, 0.717) is 12.0 Å². The molecule has 1 heterocycles. The largest absolute Gasteiger partial charge is 0.367 e. The number of rotatable bonds is 3. The van der Waals surface area contributed by atoms with Gasteiger partial charge in [0.1, 0.15) is 11.5 Å². The van der Waals surface area contributed by atoms with Gasteiger partial charge < -0.3 is 10.3 Å². The number of nitrogen functional groups attached to an aromatic ring is 1. The van der Waals surface area contributed by atoms with Crippen molar-refractivity contribution in [1.29, 1.82) is 0 Å². The number of nitro benzene ring substituents is 1. The molecule has 0 atom stereocenters. The summed E-state index contributed by atoms with van der Waals surface area (Å²) >= 11 is 0. The van der Waals surface area contributed by atoms with Crippen molar-refractivity contribution in [3.63, 3.8) is 0 Å². The Labute approximate surface area is 106 Å². The van der Waals surface area contributed by atoms with Gasteiger partial charge in [0.2, 0.25) is 11.7 Å². The van der Waals surface area contributed by atoms with E-state index < -0.39 is 27.8 Å². The lowest BCUT2D eigenvalue weighted by molar-refractivity contribution is -0.387. The Morgan fingerprint density at radius 1 is 1.47 bits per heavy atom. The zero-order valence-electron chi connectivity index (χ0n) is 9.81. The summed E-state index contributed by atoms with van der Waals surface area (Å²) in [5, 5.41) is 14.1. The highest BCUT2D eigenvalue weighted by molar-refractivity contribution is 5.70. The molecule has 0 radical (unpaired) electrons. The fraction of sp³-hybridized carbons (Fsp3) is 0.182. The molecule has 8 heteroatoms. The summed E-state index contributed by atoms with van der Waals surface area (Å²) in [6.07, 6.45) is 0.326. The Hall–Kier alpha value is -2.51. The van der Waals surface area contributed by atoms with Gasteiger partial charge in [-0.05, 0) is 12.5 Å². The minimum atomic E-state index is -1.30. The van der Waals surface area contributed by atoms with Gasteiger partial charge in [-0.3, -0.25) is 10.1 Å². The fourth-order valence-electron chi connectivity index (χ4n) is 1.76. The average Bonchev–Trinajstić information content (AvgIpc) is 2.70. The Kier molecular flexibility index (Phi) is 3.16. The standard InChI is InChI=1S/C11H9F2N3O3/c1-2-5-10(15-19-11(5)14)8-6(12)3-4-7(9(8)13)16(17)18/h3-4H,2,14H2,1H3. The van der Waals surface area contributed by atoms with Crippen molar-refractivity contribution in [3.8, 4) is 11.3 Å². The number of anilines is 1. The van der Waals surface area contributed by atoms with Crippen molar-refractivity contribution in [2.45, 2.75) is 13.3 Å². The van der Waals surface area contributed by atoms with Crippen LogP contribution in [0.5, 0.6) is 0 Å². The van der Waals surface area contributed by atoms with Gasteiger partial charge in [-0.15, -0.1) is 0 Å². The smallest absolute Gasteiger partial charge is 0.305 e. The van der Waals surface area contributed by atoms with Crippen LogP contribution in [0.4, 0.5) is 20.4 Å². The first-order valence-electron chi connectivity index (χ1n) is 5.34. The third kappa shape index (κ3) is 2.01. The summed E-state index contributed by atoms with van der Waals surface area (Å²) < 4.78 is 32.4. The Morgan fingerprint density at radius 2 is 2.16 bits per heavy atom. The minimum absolute atomic E-state index is 0.0668. The Morgan fingerprint density at radius 3 is 2.74 bits per heavy atom. The predicted molar refractivity (Wildman–Crippen MR) is 62.3 cm³/mol. The number of benzene rings is 1. The van der Waals surface area contributed by atoms with Crippen LogP contribution in [0.3, 0.4) is 0 Å². The first-order valence-corrected chi connectivity index (χ1v) is 5.34. The molecule has 2 N–H and O–H groups in total. The molecule has 0 aliphatic carbocycles. The molecule has 1 aromatic carbocycles. The average molecular weight is 269 g/mol. The van der Waals surface area contributed by atoms with E-state index in [2.05, 4.69) is 9.68 Å². The molecule has 0 bridgehead atoms. The quantitative estimate of drug-likeness (QED) is 0.682. The molecule has 19 heavy (non-hydrogen) atoms. The van der Waals surface area contributed by atoms with E-state index in [9.17, 15) is 18.9 Å². The van der Waals surface area contributed by atoms with Gasteiger partial charge in [-0.2, -0.15) is 4.39 Å². The highest BCUT2D eigenvalue weighted by Gasteiger charge is 2.27. The van der Waals surface area contributed by atoms with E-state index in [1.165, 1.54) is 0 Å². The second kappa shape index (κ2) is 4.63. The molecule has 0 aliphatic heterocycles. The number of hydrogen-bond acceptors (Lipinski definition) is 5. The maximum atomic E-state index is 14.0. The number of aromatic nitrogens is 1. The molecule has 2 rings (SSSR count). The van der Waals surface area contributed by atoms with E-state index in [-0.39, 0.29) is 11.6 Å². The number of nitrogens with two attached hydrogens (primary N) is 1. The molecule has 6 nitrogen and oxygen atoms in total. The number of nitrogens with zero attached hydrogens (tertiary/aromatic N) is 2. The van der Waals surface area contributed by atoms with Gasteiger partial charge >= 0.3 is 5.69 Å². The monoisotopic (exact) mass is 269 g/mol. The predicted octanol–water partition coefficient (Wildman–Crippen LogP) is 2.67. The van der Waals surface area contributed by atoms with Crippen LogP contribution in [0.25, 0.3) is 11.3 Å². The first-order chi connectivity index (χ1) is 8.97. The van der Waals surface area contributed by atoms with Crippen LogP contribution in [0, 0.1) is 21.7 Å². The second-order valence-corrected chi connectivity index (χ2v) is 3.74. The summed E-state index contributed by atoms with van der Waals surface area (Å²) in [6, 6.07) is 1.56. The molecule has 0 spiro atoms. The van der Waals surface area contributed by atoms with Crippen molar-refractivity contribution in [3.05, 3.63) is 39.4 Å². The summed E-state index contributed by atoms with van der Waals surface area (Å²) in [5.74, 6) is -2.33. The van der Waals surface area contributed by atoms with Crippen LogP contribution in [-0.2, 0) is 6.42 Å². The van der Waals surface area contributed by atoms with Gasteiger partial charge in [0.05, 0.1) is 10.5 Å². The van der Waals surface area contributed by atoms with E-state index in [4.69, 9.17) is 5.73 Å². The molecule has 0 saturated heterocycles. The molecule has 100 valence electrons. The molecule has 0 amide bonds. The zero-order chi connectivity index (χ0) is 14.2. The lowest BCUT2D eigenvalue weighted by Gasteiger charge is -2.03. The highest BCUT2D eigenvalue weighted by Crippen LogP contribution is 2.34. The Bertz CT molecular complexity index is 655. The van der Waals surface area contributed by atoms with Crippen LogP contribution in [0.1, 0.15) is 12.5 Å². The van der Waals surface area contributed by atoms with Gasteiger partial charge in [-0.25, -0.2) is 4.39 Å². The number of halogens is 2. The molecule has 0 fully saturated rings. The maximum absolute atomic E-state index is 14.0. The third-order valence-corrected chi connectivity index (χ3v) is 2.68. The number of nitro groups is 1. The molecule has 0 aliphatic rings. The summed E-state index contributed by atoms with van der Waals surface area (Å²) in [7, 11) is 0. The summed E-state index contributed by atoms with van der Waals surface area (Å²) in [4.78, 5) is 9.71. The molecule has 0 unspecified atom stereocenters. The van der Waals surface area contributed by atoms with E-state index >= 15 is 0 Å². The summed E-state index contributed by atoms with van der Waals surface area (Å²) in [6.45, 7) is 1.69. The van der Waals surface area contributed by atoms with Gasteiger partial charge in [0, 0.05) is 11.6 Å².